The highest BCUT2D eigenvalue weighted by molar-refractivity contribution is 7.16. The monoisotopic (exact) mass is 454 g/mol. The van der Waals surface area contributed by atoms with Crippen LogP contribution >= 0.6 is 11.3 Å². The van der Waals surface area contributed by atoms with E-state index in [9.17, 15) is 4.79 Å². The number of aryl methyl sites for hydroxylation is 2. The molecule has 7 nitrogen and oxygen atoms in total. The minimum Gasteiger partial charge on any atom is -0.327 e. The van der Waals surface area contributed by atoms with E-state index in [2.05, 4.69) is 28.6 Å². The van der Waals surface area contributed by atoms with E-state index in [-0.39, 0.29) is 5.91 Å². The van der Waals surface area contributed by atoms with Crippen molar-refractivity contribution in [1.82, 2.24) is 28.8 Å². The van der Waals surface area contributed by atoms with Crippen LogP contribution in [0, 0.1) is 13.8 Å². The molecule has 6 rings (SSSR count). The first-order valence-corrected chi connectivity index (χ1v) is 11.6. The zero-order valence-corrected chi connectivity index (χ0v) is 19.2. The van der Waals surface area contributed by atoms with Gasteiger partial charge >= 0.3 is 0 Å². The molecule has 0 spiro atoms. The second-order valence-electron chi connectivity index (χ2n) is 8.20. The summed E-state index contributed by atoms with van der Waals surface area (Å²) in [6.45, 7) is 4.99. The molecule has 0 radical (unpaired) electrons. The first-order chi connectivity index (χ1) is 16.1. The van der Waals surface area contributed by atoms with Gasteiger partial charge in [0.1, 0.15) is 10.7 Å². The fourth-order valence-corrected chi connectivity index (χ4v) is 5.35. The third-order valence-electron chi connectivity index (χ3n) is 6.01. The Kier molecular flexibility index (Phi) is 4.55. The largest absolute Gasteiger partial charge is 0.327 e. The van der Waals surface area contributed by atoms with Crippen molar-refractivity contribution in [3.05, 3.63) is 101 Å². The second-order valence-corrected chi connectivity index (χ2v) is 9.18. The van der Waals surface area contributed by atoms with Gasteiger partial charge in [-0.05, 0) is 49.7 Å². The molecule has 0 unspecified atom stereocenters. The van der Waals surface area contributed by atoms with Crippen LogP contribution in [0.15, 0.2) is 73.3 Å². The number of hydrogen-bond acceptors (Lipinski definition) is 4. The SMILES string of the molecule is Cc1ccccc1-n1nc2c(c1-n1cccc1)CN(C(=O)c1sc(-n3cccc3)nc1C)C2. The predicted octanol–water partition coefficient (Wildman–Crippen LogP) is 4.68. The van der Waals surface area contributed by atoms with Crippen LogP contribution in [-0.4, -0.2) is 34.7 Å². The van der Waals surface area contributed by atoms with Crippen molar-refractivity contribution in [2.75, 3.05) is 0 Å². The van der Waals surface area contributed by atoms with Gasteiger partial charge in [0, 0.05) is 30.4 Å². The molecule has 164 valence electrons. The molecule has 33 heavy (non-hydrogen) atoms. The Balaban J connectivity index is 1.37. The Morgan fingerprint density at radius 3 is 2.33 bits per heavy atom. The lowest BCUT2D eigenvalue weighted by atomic mass is 10.2. The normalized spacial score (nSPS) is 13.0. The first kappa shape index (κ1) is 19.8. The predicted molar refractivity (Wildman–Crippen MR) is 127 cm³/mol. The highest BCUT2D eigenvalue weighted by Crippen LogP contribution is 2.33. The third-order valence-corrected chi connectivity index (χ3v) is 7.17. The molecule has 1 aromatic carbocycles. The summed E-state index contributed by atoms with van der Waals surface area (Å²) in [5.74, 6) is 0.982. The standard InChI is InChI=1S/C25H22N6OS/c1-17-9-3-4-10-21(17)31-23(28-11-5-6-12-28)19-15-30(16-20(19)27-31)24(32)22-18(2)26-25(33-22)29-13-7-8-14-29/h3-14H,15-16H2,1-2H3. The van der Waals surface area contributed by atoms with Gasteiger partial charge in [-0.25, -0.2) is 9.67 Å². The Morgan fingerprint density at radius 1 is 0.909 bits per heavy atom. The zero-order valence-electron chi connectivity index (χ0n) is 18.3. The highest BCUT2D eigenvalue weighted by atomic mass is 32.1. The molecule has 1 aliphatic rings. The van der Waals surface area contributed by atoms with E-state index in [0.717, 1.165) is 39.2 Å². The van der Waals surface area contributed by atoms with Crippen LogP contribution in [0.5, 0.6) is 0 Å². The van der Waals surface area contributed by atoms with Gasteiger partial charge in [0.05, 0.1) is 30.2 Å². The lowest BCUT2D eigenvalue weighted by molar-refractivity contribution is 0.0753. The zero-order chi connectivity index (χ0) is 22.5. The van der Waals surface area contributed by atoms with Crippen LogP contribution in [0.3, 0.4) is 0 Å². The fraction of sp³-hybridized carbons (Fsp3) is 0.160. The van der Waals surface area contributed by atoms with E-state index in [0.29, 0.717) is 18.0 Å². The van der Waals surface area contributed by atoms with Gasteiger partial charge in [0.25, 0.3) is 5.91 Å². The highest BCUT2D eigenvalue weighted by Gasteiger charge is 2.33. The molecule has 5 heterocycles. The van der Waals surface area contributed by atoms with E-state index >= 15 is 0 Å². The van der Waals surface area contributed by atoms with Crippen LogP contribution in [0.4, 0.5) is 0 Å². The maximum atomic E-state index is 13.5. The van der Waals surface area contributed by atoms with Crippen molar-refractivity contribution >= 4 is 17.2 Å². The molecular formula is C25H22N6OS. The van der Waals surface area contributed by atoms with Crippen LogP contribution in [-0.2, 0) is 13.1 Å². The summed E-state index contributed by atoms with van der Waals surface area (Å²) in [6.07, 6.45) is 7.92. The van der Waals surface area contributed by atoms with Gasteiger partial charge in [-0.3, -0.25) is 4.79 Å². The van der Waals surface area contributed by atoms with Gasteiger partial charge in [0.2, 0.25) is 0 Å². The summed E-state index contributed by atoms with van der Waals surface area (Å²) >= 11 is 1.43. The van der Waals surface area contributed by atoms with Crippen LogP contribution < -0.4 is 0 Å². The van der Waals surface area contributed by atoms with E-state index in [1.807, 2.05) is 82.3 Å². The fourth-order valence-electron chi connectivity index (χ4n) is 4.35. The number of benzene rings is 1. The maximum Gasteiger partial charge on any atom is 0.266 e. The molecule has 0 N–H and O–H groups in total. The van der Waals surface area contributed by atoms with Gasteiger partial charge < -0.3 is 14.0 Å². The number of fused-ring (bicyclic) bond motifs is 1. The van der Waals surface area contributed by atoms with E-state index < -0.39 is 0 Å². The van der Waals surface area contributed by atoms with E-state index in [1.165, 1.54) is 11.3 Å². The van der Waals surface area contributed by atoms with Crippen molar-refractivity contribution in [3.63, 3.8) is 0 Å². The maximum absolute atomic E-state index is 13.5. The lowest BCUT2D eigenvalue weighted by Gasteiger charge is -2.17. The van der Waals surface area contributed by atoms with Crippen molar-refractivity contribution < 1.29 is 4.79 Å². The molecule has 1 aliphatic heterocycles. The van der Waals surface area contributed by atoms with Crippen molar-refractivity contribution in [3.8, 4) is 16.6 Å². The number of carbonyl (C=O) groups excluding carboxylic acids is 1. The molecule has 8 heteroatoms. The summed E-state index contributed by atoms with van der Waals surface area (Å²) in [7, 11) is 0. The molecule has 4 aromatic heterocycles. The Morgan fingerprint density at radius 2 is 1.61 bits per heavy atom. The number of carbonyl (C=O) groups is 1. The van der Waals surface area contributed by atoms with Crippen LogP contribution in [0.25, 0.3) is 16.6 Å². The van der Waals surface area contributed by atoms with Gasteiger partial charge in [-0.2, -0.15) is 5.10 Å². The van der Waals surface area contributed by atoms with Crippen LogP contribution in [0.2, 0.25) is 0 Å². The summed E-state index contributed by atoms with van der Waals surface area (Å²) in [6, 6.07) is 16.1. The minimum absolute atomic E-state index is 0.00213. The molecule has 1 amide bonds. The molecule has 0 atom stereocenters. The minimum atomic E-state index is 0.00213. The average Bonchev–Trinajstić information content (AvgIpc) is 3.61. The molecule has 0 aliphatic carbocycles. The molecular weight excluding hydrogens is 432 g/mol. The number of rotatable bonds is 4. The lowest BCUT2D eigenvalue weighted by Crippen LogP contribution is -2.26. The number of nitrogens with zero attached hydrogens (tertiary/aromatic N) is 6. The Bertz CT molecular complexity index is 1460. The van der Waals surface area contributed by atoms with E-state index in [4.69, 9.17) is 5.10 Å². The smallest absolute Gasteiger partial charge is 0.266 e. The van der Waals surface area contributed by atoms with E-state index in [1.54, 1.807) is 0 Å². The quantitative estimate of drug-likeness (QED) is 0.396. The number of amides is 1. The third kappa shape index (κ3) is 3.22. The van der Waals surface area contributed by atoms with Crippen LogP contribution in [0.1, 0.15) is 32.2 Å². The summed E-state index contributed by atoms with van der Waals surface area (Å²) in [4.78, 5) is 20.6. The average molecular weight is 455 g/mol. The molecule has 0 saturated heterocycles. The molecule has 5 aromatic rings. The van der Waals surface area contributed by atoms with Crippen molar-refractivity contribution in [2.45, 2.75) is 26.9 Å². The van der Waals surface area contributed by atoms with Gasteiger partial charge in [-0.1, -0.05) is 29.5 Å². The molecule has 0 bridgehead atoms. The number of hydrogen-bond donors (Lipinski definition) is 0. The second kappa shape index (κ2) is 7.60. The summed E-state index contributed by atoms with van der Waals surface area (Å²) in [5.41, 5.74) is 4.97. The van der Waals surface area contributed by atoms with Gasteiger partial charge in [0.15, 0.2) is 5.13 Å². The number of para-hydroxylation sites is 1. The molecule has 0 saturated carbocycles. The van der Waals surface area contributed by atoms with Crippen molar-refractivity contribution in [1.29, 1.82) is 0 Å². The first-order valence-electron chi connectivity index (χ1n) is 10.8. The number of aromatic nitrogens is 5. The van der Waals surface area contributed by atoms with Crippen molar-refractivity contribution in [2.24, 2.45) is 0 Å². The summed E-state index contributed by atoms with van der Waals surface area (Å²) in [5, 5.41) is 5.76. The Labute approximate surface area is 195 Å². The Hall–Kier alpha value is -3.91. The number of thiazole rings is 1. The molecule has 0 fully saturated rings. The topological polar surface area (TPSA) is 60.9 Å². The van der Waals surface area contributed by atoms with Gasteiger partial charge in [-0.15, -0.1) is 0 Å². The summed E-state index contributed by atoms with van der Waals surface area (Å²) < 4.78 is 6.02.